The zero-order valence-corrected chi connectivity index (χ0v) is 16.8. The number of aromatic carboxylic acids is 1. The first-order valence-corrected chi connectivity index (χ1v) is 9.50. The van der Waals surface area contributed by atoms with Crippen LogP contribution in [0.3, 0.4) is 0 Å². The van der Waals surface area contributed by atoms with E-state index in [0.717, 1.165) is 11.3 Å². The molecule has 0 amide bonds. The van der Waals surface area contributed by atoms with Crippen molar-refractivity contribution in [1.82, 2.24) is 9.55 Å². The molecule has 0 spiro atoms. The molecule has 148 valence electrons. The van der Waals surface area contributed by atoms with E-state index >= 15 is 0 Å². The summed E-state index contributed by atoms with van der Waals surface area (Å²) in [5.74, 6) is -0.865. The Balaban J connectivity index is 2.01. The Hall–Kier alpha value is -2.94. The highest BCUT2D eigenvalue weighted by molar-refractivity contribution is 7.20. The van der Waals surface area contributed by atoms with Gasteiger partial charge in [0.25, 0.3) is 5.56 Å². The molecule has 0 aliphatic rings. The topological polar surface area (TPSA) is 112 Å². The highest BCUT2D eigenvalue weighted by atomic mass is 32.1. The maximum Gasteiger partial charge on any atom is 0.371 e. The quantitative estimate of drug-likeness (QED) is 0.628. The Morgan fingerprint density at radius 3 is 2.64 bits per heavy atom. The van der Waals surface area contributed by atoms with Gasteiger partial charge in [0.2, 0.25) is 5.76 Å². The number of carboxylic acids is 1. The highest BCUT2D eigenvalue weighted by Crippen LogP contribution is 2.28. The minimum absolute atomic E-state index is 0.0449. The number of nitrogens with zero attached hydrogens (tertiary/aromatic N) is 2. The van der Waals surface area contributed by atoms with Crippen LogP contribution in [0, 0.1) is 19.8 Å². The number of carbonyl (C=O) groups excluding carboxylic acids is 1. The van der Waals surface area contributed by atoms with Gasteiger partial charge < -0.3 is 14.3 Å². The van der Waals surface area contributed by atoms with E-state index in [-0.39, 0.29) is 23.8 Å². The van der Waals surface area contributed by atoms with Crippen molar-refractivity contribution in [2.45, 2.75) is 34.2 Å². The van der Waals surface area contributed by atoms with E-state index in [1.165, 1.54) is 16.7 Å². The van der Waals surface area contributed by atoms with Crippen LogP contribution in [0.4, 0.5) is 0 Å². The second kappa shape index (κ2) is 7.59. The van der Waals surface area contributed by atoms with E-state index in [1.54, 1.807) is 13.8 Å². The van der Waals surface area contributed by atoms with Crippen LogP contribution in [0.25, 0.3) is 10.2 Å². The van der Waals surface area contributed by atoms with Crippen LogP contribution in [-0.2, 0) is 11.3 Å². The summed E-state index contributed by atoms with van der Waals surface area (Å²) in [7, 11) is 0. The summed E-state index contributed by atoms with van der Waals surface area (Å²) >= 11 is 1.13. The third kappa shape index (κ3) is 3.70. The van der Waals surface area contributed by atoms with Crippen LogP contribution in [0.15, 0.2) is 21.3 Å². The van der Waals surface area contributed by atoms with E-state index in [9.17, 15) is 14.4 Å². The first-order chi connectivity index (χ1) is 13.2. The molecule has 0 saturated carbocycles. The lowest BCUT2D eigenvalue weighted by atomic mass is 10.2. The Bertz CT molecular complexity index is 1120. The number of furan rings is 1. The fourth-order valence-electron chi connectivity index (χ4n) is 2.74. The van der Waals surface area contributed by atoms with E-state index in [4.69, 9.17) is 14.3 Å². The summed E-state index contributed by atoms with van der Waals surface area (Å²) in [5.41, 5.74) is 0.220. The average Bonchev–Trinajstić information content (AvgIpc) is 3.21. The van der Waals surface area contributed by atoms with Gasteiger partial charge in [0.15, 0.2) is 0 Å². The zero-order valence-electron chi connectivity index (χ0n) is 15.9. The number of ether oxygens (including phenoxy) is 1. The van der Waals surface area contributed by atoms with Crippen LogP contribution >= 0.6 is 11.3 Å². The number of carbonyl (C=O) groups is 2. The molecule has 0 atom stereocenters. The van der Waals surface area contributed by atoms with E-state index in [2.05, 4.69) is 4.98 Å². The monoisotopic (exact) mass is 404 g/mol. The van der Waals surface area contributed by atoms with Crippen LogP contribution in [-0.4, -0.2) is 33.2 Å². The van der Waals surface area contributed by atoms with Gasteiger partial charge in [-0.05, 0) is 37.5 Å². The molecule has 1 N–H and O–H groups in total. The third-order valence-electron chi connectivity index (χ3n) is 4.16. The Morgan fingerprint density at radius 2 is 2.04 bits per heavy atom. The first kappa shape index (κ1) is 19.8. The molecule has 3 rings (SSSR count). The third-order valence-corrected chi connectivity index (χ3v) is 5.33. The van der Waals surface area contributed by atoms with Crippen molar-refractivity contribution in [2.75, 3.05) is 6.61 Å². The fourth-order valence-corrected chi connectivity index (χ4v) is 3.85. The maximum absolute atomic E-state index is 13.0. The molecular formula is C19H20N2O6S. The summed E-state index contributed by atoms with van der Waals surface area (Å²) in [4.78, 5) is 41.6. The van der Waals surface area contributed by atoms with Crippen LogP contribution in [0.2, 0.25) is 0 Å². The number of thiophene rings is 1. The number of aromatic nitrogens is 2. The van der Waals surface area contributed by atoms with Gasteiger partial charge in [-0.15, -0.1) is 11.3 Å². The van der Waals surface area contributed by atoms with Crippen LogP contribution < -0.4 is 5.56 Å². The number of hydrogen-bond acceptors (Lipinski definition) is 7. The summed E-state index contributed by atoms with van der Waals surface area (Å²) in [6.45, 7) is 7.60. The zero-order chi connectivity index (χ0) is 20.6. The minimum atomic E-state index is -1.18. The van der Waals surface area contributed by atoms with Crippen molar-refractivity contribution in [2.24, 2.45) is 5.92 Å². The standard InChI is InChI=1S/C19H20N2O6S/c1-9(2)8-26-19(25)15-10(3)14-16(28-15)20-11(4)21(17(14)22)7-12-5-6-13(27-12)18(23)24/h5-6,9H,7-8H2,1-4H3,(H,23,24). The molecule has 0 fully saturated rings. The summed E-state index contributed by atoms with van der Waals surface area (Å²) in [6, 6.07) is 2.84. The molecule has 8 nitrogen and oxygen atoms in total. The van der Waals surface area contributed by atoms with E-state index in [0.29, 0.717) is 38.8 Å². The van der Waals surface area contributed by atoms with Gasteiger partial charge in [-0.25, -0.2) is 14.6 Å². The van der Waals surface area contributed by atoms with Crippen molar-refractivity contribution in [1.29, 1.82) is 0 Å². The molecule has 0 aliphatic heterocycles. The molecule has 0 radical (unpaired) electrons. The van der Waals surface area contributed by atoms with Gasteiger partial charge in [0.1, 0.15) is 21.3 Å². The molecule has 0 aliphatic carbocycles. The van der Waals surface area contributed by atoms with Gasteiger partial charge >= 0.3 is 11.9 Å². The molecule has 0 aromatic carbocycles. The number of carboxylic acid groups (broad SMARTS) is 1. The van der Waals surface area contributed by atoms with Gasteiger partial charge in [0, 0.05) is 0 Å². The van der Waals surface area contributed by atoms with Crippen molar-refractivity contribution in [3.05, 3.63) is 50.3 Å². The number of rotatable bonds is 6. The smallest absolute Gasteiger partial charge is 0.371 e. The van der Waals surface area contributed by atoms with Crippen LogP contribution in [0.5, 0.6) is 0 Å². The average molecular weight is 404 g/mol. The molecule has 0 saturated heterocycles. The minimum Gasteiger partial charge on any atom is -0.475 e. The molecule has 9 heteroatoms. The molecule has 3 heterocycles. The Labute approximate surface area is 164 Å². The predicted molar refractivity (Wildman–Crippen MR) is 103 cm³/mol. The Kier molecular flexibility index (Phi) is 5.37. The number of esters is 1. The second-order valence-corrected chi connectivity index (χ2v) is 7.85. The molecule has 3 aromatic rings. The lowest BCUT2D eigenvalue weighted by Gasteiger charge is -2.08. The summed E-state index contributed by atoms with van der Waals surface area (Å²) in [6.07, 6.45) is 0. The van der Waals surface area contributed by atoms with Crippen molar-refractivity contribution in [3.63, 3.8) is 0 Å². The van der Waals surface area contributed by atoms with Crippen molar-refractivity contribution in [3.8, 4) is 0 Å². The van der Waals surface area contributed by atoms with E-state index in [1.807, 2.05) is 13.8 Å². The maximum atomic E-state index is 13.0. The molecule has 3 aromatic heterocycles. The largest absolute Gasteiger partial charge is 0.475 e. The Morgan fingerprint density at radius 1 is 1.32 bits per heavy atom. The van der Waals surface area contributed by atoms with Crippen molar-refractivity contribution < 1.29 is 23.8 Å². The summed E-state index contributed by atoms with van der Waals surface area (Å²) < 4.78 is 11.9. The molecule has 28 heavy (non-hydrogen) atoms. The number of hydrogen-bond donors (Lipinski definition) is 1. The number of fused-ring (bicyclic) bond motifs is 1. The van der Waals surface area contributed by atoms with Gasteiger partial charge in [-0.2, -0.15) is 0 Å². The highest BCUT2D eigenvalue weighted by Gasteiger charge is 2.22. The summed E-state index contributed by atoms with van der Waals surface area (Å²) in [5, 5.41) is 9.33. The van der Waals surface area contributed by atoms with Gasteiger partial charge in [-0.3, -0.25) is 9.36 Å². The first-order valence-electron chi connectivity index (χ1n) is 8.68. The van der Waals surface area contributed by atoms with E-state index < -0.39 is 11.9 Å². The molecular weight excluding hydrogens is 384 g/mol. The van der Waals surface area contributed by atoms with Gasteiger partial charge in [-0.1, -0.05) is 13.8 Å². The second-order valence-electron chi connectivity index (χ2n) is 6.85. The number of aryl methyl sites for hydroxylation is 2. The van der Waals surface area contributed by atoms with Crippen molar-refractivity contribution >= 4 is 33.5 Å². The van der Waals surface area contributed by atoms with Gasteiger partial charge in [0.05, 0.1) is 18.5 Å². The molecule has 0 bridgehead atoms. The predicted octanol–water partition coefficient (Wildman–Crippen LogP) is 3.23. The molecule has 0 unspecified atom stereocenters. The van der Waals surface area contributed by atoms with Crippen LogP contribution in [0.1, 0.15) is 51.2 Å². The lowest BCUT2D eigenvalue weighted by Crippen LogP contribution is -2.24. The fraction of sp³-hybridized carbons (Fsp3) is 0.368. The lowest BCUT2D eigenvalue weighted by molar-refractivity contribution is 0.0463. The normalized spacial score (nSPS) is 11.3. The SMILES string of the molecule is Cc1c(C(=O)OCC(C)C)sc2nc(C)n(Cc3ccc(C(=O)O)o3)c(=O)c12.